The molecule has 4 N–H and O–H groups in total. The van der Waals surface area contributed by atoms with Crippen molar-refractivity contribution in [1.82, 2.24) is 4.90 Å². The van der Waals surface area contributed by atoms with Crippen molar-refractivity contribution in [3.8, 4) is 0 Å². The van der Waals surface area contributed by atoms with E-state index in [-0.39, 0.29) is 12.5 Å². The number of hydrogen-bond donors (Lipinski definition) is 3. The van der Waals surface area contributed by atoms with Crippen molar-refractivity contribution < 1.29 is 9.90 Å². The van der Waals surface area contributed by atoms with Crippen LogP contribution in [0.5, 0.6) is 0 Å². The number of amides is 1. The number of nitrogens with zero attached hydrogens (tertiary/aromatic N) is 1. The highest BCUT2D eigenvalue weighted by Crippen LogP contribution is 2.25. The first-order chi connectivity index (χ1) is 10.1. The quantitative estimate of drug-likeness (QED) is 0.669. The summed E-state index contributed by atoms with van der Waals surface area (Å²) in [5, 5.41) is 11.9. The van der Waals surface area contributed by atoms with Gasteiger partial charge in [0.1, 0.15) is 0 Å². The van der Waals surface area contributed by atoms with Gasteiger partial charge in [-0.3, -0.25) is 9.69 Å². The molecule has 0 unspecified atom stereocenters. The lowest BCUT2D eigenvalue weighted by molar-refractivity contribution is -0.118. The molecule has 1 amide bonds. The first kappa shape index (κ1) is 15.8. The molecule has 0 spiro atoms. The molecule has 0 saturated heterocycles. The van der Waals surface area contributed by atoms with Gasteiger partial charge < -0.3 is 16.2 Å². The maximum atomic E-state index is 12.2. The second-order valence-electron chi connectivity index (χ2n) is 5.70. The number of nitrogens with two attached hydrogens (primary N) is 1. The Labute approximate surface area is 126 Å². The Morgan fingerprint density at radius 2 is 2.24 bits per heavy atom. The van der Waals surface area contributed by atoms with E-state index in [0.717, 1.165) is 30.6 Å². The molecule has 1 aliphatic rings. The molecule has 0 aromatic heterocycles. The molecule has 1 aromatic carbocycles. The molecule has 116 valence electrons. The summed E-state index contributed by atoms with van der Waals surface area (Å²) in [7, 11) is 0. The van der Waals surface area contributed by atoms with Crippen LogP contribution in [0.4, 0.5) is 11.4 Å². The molecule has 21 heavy (non-hydrogen) atoms. The number of carbonyl (C=O) groups is 1. The van der Waals surface area contributed by atoms with E-state index >= 15 is 0 Å². The highest BCUT2D eigenvalue weighted by atomic mass is 16.3. The molecule has 1 aromatic rings. The van der Waals surface area contributed by atoms with E-state index < -0.39 is 0 Å². The summed E-state index contributed by atoms with van der Waals surface area (Å²) in [5.41, 5.74) is 8.21. The molecule has 0 radical (unpaired) electrons. The fourth-order valence-corrected chi connectivity index (χ4v) is 2.58. The minimum atomic E-state index is -0.0199. The molecule has 0 atom stereocenters. The van der Waals surface area contributed by atoms with Gasteiger partial charge in [-0.05, 0) is 43.9 Å². The molecule has 1 aliphatic carbocycles. The van der Waals surface area contributed by atoms with Gasteiger partial charge in [0.15, 0.2) is 0 Å². The smallest absolute Gasteiger partial charge is 0.238 e. The number of benzene rings is 1. The number of hydrogen-bond acceptors (Lipinski definition) is 4. The highest BCUT2D eigenvalue weighted by molar-refractivity contribution is 5.93. The zero-order valence-corrected chi connectivity index (χ0v) is 12.6. The van der Waals surface area contributed by atoms with E-state index in [9.17, 15) is 4.79 Å². The standard InChI is InChI=1S/C16H25N3O2/c1-12-14(17)7-3-8-15(12)18-16(21)11-19(9-4-10-20)13-5-2-6-13/h3,7-8,13,20H,2,4-6,9-11,17H2,1H3,(H,18,21). The van der Waals surface area contributed by atoms with Gasteiger partial charge in [0.05, 0.1) is 6.54 Å². The number of rotatable bonds is 7. The Kier molecular flexibility index (Phi) is 5.59. The molecule has 5 nitrogen and oxygen atoms in total. The van der Waals surface area contributed by atoms with Crippen LogP contribution in [0.3, 0.4) is 0 Å². The van der Waals surface area contributed by atoms with Crippen LogP contribution in [0.15, 0.2) is 18.2 Å². The minimum Gasteiger partial charge on any atom is -0.398 e. The molecule has 2 rings (SSSR count). The van der Waals surface area contributed by atoms with Crippen LogP contribution in [0.25, 0.3) is 0 Å². The molecule has 0 heterocycles. The molecular formula is C16H25N3O2. The summed E-state index contributed by atoms with van der Waals surface area (Å²) in [5.74, 6) is -0.0199. The molecule has 0 bridgehead atoms. The molecule has 0 aliphatic heterocycles. The van der Waals surface area contributed by atoms with Crippen molar-refractivity contribution >= 4 is 17.3 Å². The average molecular weight is 291 g/mol. The summed E-state index contributed by atoms with van der Waals surface area (Å²) in [6.45, 7) is 3.21. The van der Waals surface area contributed by atoms with Gasteiger partial charge in [0.25, 0.3) is 0 Å². The zero-order valence-electron chi connectivity index (χ0n) is 12.6. The van der Waals surface area contributed by atoms with Crippen LogP contribution in [-0.2, 0) is 4.79 Å². The molecular weight excluding hydrogens is 266 g/mol. The van der Waals surface area contributed by atoms with Crippen molar-refractivity contribution in [2.45, 2.75) is 38.6 Å². The monoisotopic (exact) mass is 291 g/mol. The zero-order chi connectivity index (χ0) is 15.2. The fraction of sp³-hybridized carbons (Fsp3) is 0.562. The third-order valence-electron chi connectivity index (χ3n) is 4.19. The van der Waals surface area contributed by atoms with Gasteiger partial charge in [-0.1, -0.05) is 12.5 Å². The molecule has 1 fully saturated rings. The maximum absolute atomic E-state index is 12.2. The number of nitrogens with one attached hydrogen (secondary N) is 1. The predicted molar refractivity (Wildman–Crippen MR) is 85.1 cm³/mol. The molecule has 5 heteroatoms. The van der Waals surface area contributed by atoms with Crippen molar-refractivity contribution in [3.63, 3.8) is 0 Å². The molecule has 1 saturated carbocycles. The van der Waals surface area contributed by atoms with Gasteiger partial charge in [-0.25, -0.2) is 0 Å². The van der Waals surface area contributed by atoms with E-state index in [4.69, 9.17) is 10.8 Å². The van der Waals surface area contributed by atoms with Crippen LogP contribution in [0.2, 0.25) is 0 Å². The summed E-state index contributed by atoms with van der Waals surface area (Å²) >= 11 is 0. The summed E-state index contributed by atoms with van der Waals surface area (Å²) in [6.07, 6.45) is 4.24. The van der Waals surface area contributed by atoms with Crippen molar-refractivity contribution in [2.24, 2.45) is 0 Å². The van der Waals surface area contributed by atoms with Gasteiger partial charge in [0, 0.05) is 30.6 Å². The van der Waals surface area contributed by atoms with Crippen LogP contribution in [0.1, 0.15) is 31.2 Å². The Morgan fingerprint density at radius 1 is 1.48 bits per heavy atom. The van der Waals surface area contributed by atoms with Crippen LogP contribution in [-0.4, -0.2) is 41.7 Å². The summed E-state index contributed by atoms with van der Waals surface area (Å²) in [4.78, 5) is 14.4. The fourth-order valence-electron chi connectivity index (χ4n) is 2.58. The Morgan fingerprint density at radius 3 is 2.86 bits per heavy atom. The van der Waals surface area contributed by atoms with Gasteiger partial charge in [-0.2, -0.15) is 0 Å². The summed E-state index contributed by atoms with van der Waals surface area (Å²) < 4.78 is 0. The Balaban J connectivity index is 1.93. The maximum Gasteiger partial charge on any atom is 0.238 e. The van der Waals surface area contributed by atoms with Gasteiger partial charge in [0.2, 0.25) is 5.91 Å². The first-order valence-corrected chi connectivity index (χ1v) is 7.61. The average Bonchev–Trinajstić information content (AvgIpc) is 2.39. The van der Waals surface area contributed by atoms with Crippen molar-refractivity contribution in [3.05, 3.63) is 23.8 Å². The normalized spacial score (nSPS) is 15.0. The Bertz CT molecular complexity index is 486. The van der Waals surface area contributed by atoms with Crippen LogP contribution >= 0.6 is 0 Å². The third kappa shape index (κ3) is 4.19. The van der Waals surface area contributed by atoms with E-state index in [1.54, 1.807) is 0 Å². The lowest BCUT2D eigenvalue weighted by Gasteiger charge is -2.37. The number of aliphatic hydroxyl groups is 1. The van der Waals surface area contributed by atoms with Crippen molar-refractivity contribution in [2.75, 3.05) is 30.7 Å². The number of aliphatic hydroxyl groups excluding tert-OH is 1. The predicted octanol–water partition coefficient (Wildman–Crippen LogP) is 1.75. The van der Waals surface area contributed by atoms with Crippen LogP contribution in [0, 0.1) is 6.92 Å². The third-order valence-corrected chi connectivity index (χ3v) is 4.19. The van der Waals surface area contributed by atoms with E-state index in [2.05, 4.69) is 10.2 Å². The lowest BCUT2D eigenvalue weighted by Crippen LogP contribution is -2.45. The van der Waals surface area contributed by atoms with E-state index in [0.29, 0.717) is 24.7 Å². The number of carbonyl (C=O) groups excluding carboxylic acids is 1. The largest absolute Gasteiger partial charge is 0.398 e. The topological polar surface area (TPSA) is 78.6 Å². The Hall–Kier alpha value is -1.59. The highest BCUT2D eigenvalue weighted by Gasteiger charge is 2.26. The van der Waals surface area contributed by atoms with Gasteiger partial charge in [-0.15, -0.1) is 0 Å². The van der Waals surface area contributed by atoms with Crippen molar-refractivity contribution in [1.29, 1.82) is 0 Å². The summed E-state index contributed by atoms with van der Waals surface area (Å²) in [6, 6.07) is 6.02. The minimum absolute atomic E-state index is 0.0199. The lowest BCUT2D eigenvalue weighted by atomic mass is 9.91. The first-order valence-electron chi connectivity index (χ1n) is 7.61. The van der Waals surface area contributed by atoms with E-state index in [1.165, 1.54) is 6.42 Å². The second-order valence-corrected chi connectivity index (χ2v) is 5.70. The SMILES string of the molecule is Cc1c(N)cccc1NC(=O)CN(CCCO)C1CCC1. The van der Waals surface area contributed by atoms with Gasteiger partial charge >= 0.3 is 0 Å². The van der Waals surface area contributed by atoms with E-state index in [1.807, 2.05) is 25.1 Å². The van der Waals surface area contributed by atoms with Crippen LogP contribution < -0.4 is 11.1 Å². The second kappa shape index (κ2) is 7.43. The number of nitrogen functional groups attached to an aromatic ring is 1. The number of anilines is 2.